The average molecular weight is 400 g/mol. The average Bonchev–Trinajstić information content (AvgIpc) is 2.57. The van der Waals surface area contributed by atoms with Gasteiger partial charge in [-0.15, -0.1) is 0 Å². The van der Waals surface area contributed by atoms with Gasteiger partial charge in [0.25, 0.3) is 0 Å². The lowest BCUT2D eigenvalue weighted by Crippen LogP contribution is -2.46. The van der Waals surface area contributed by atoms with Crippen molar-refractivity contribution in [2.45, 2.75) is 37.3 Å². The van der Waals surface area contributed by atoms with Gasteiger partial charge in [-0.1, -0.05) is 35.9 Å². The van der Waals surface area contributed by atoms with E-state index in [9.17, 15) is 13.2 Å². The molecule has 142 valence electrons. The molecule has 0 heterocycles. The van der Waals surface area contributed by atoms with E-state index in [4.69, 9.17) is 21.1 Å². The van der Waals surface area contributed by atoms with E-state index in [-0.39, 0.29) is 11.5 Å². The number of hydrogen-bond acceptors (Lipinski definition) is 5. The Morgan fingerprint density at radius 2 is 1.81 bits per heavy atom. The largest absolute Gasteiger partial charge is 0.468 e. The first-order chi connectivity index (χ1) is 12.0. The summed E-state index contributed by atoms with van der Waals surface area (Å²) in [6.07, 6.45) is 0. The van der Waals surface area contributed by atoms with Crippen molar-refractivity contribution in [3.05, 3.63) is 41.4 Å². The van der Waals surface area contributed by atoms with Gasteiger partial charge in [-0.05, 0) is 38.3 Å². The highest BCUT2D eigenvalue weighted by atomic mass is 35.5. The first kappa shape index (κ1) is 20.6. The minimum absolute atomic E-state index is 0.00902. The van der Waals surface area contributed by atoms with Crippen molar-refractivity contribution in [2.75, 3.05) is 13.7 Å². The summed E-state index contributed by atoms with van der Waals surface area (Å²) in [4.78, 5) is 12.0. The second-order valence-corrected chi connectivity index (χ2v) is 8.80. The normalized spacial score (nSPS) is 13.6. The summed E-state index contributed by atoms with van der Waals surface area (Å²) >= 11 is 6.21. The van der Waals surface area contributed by atoms with Gasteiger partial charge in [-0.25, -0.2) is 8.42 Å². The second-order valence-electron chi connectivity index (χ2n) is 6.71. The van der Waals surface area contributed by atoms with Crippen LogP contribution in [0, 0.1) is 0 Å². The van der Waals surface area contributed by atoms with Crippen LogP contribution in [-0.2, 0) is 24.3 Å². The summed E-state index contributed by atoms with van der Waals surface area (Å²) in [6, 6.07) is 8.76. The van der Waals surface area contributed by atoms with Gasteiger partial charge in [0.15, 0.2) is 0 Å². The third-order valence-electron chi connectivity index (χ3n) is 3.57. The van der Waals surface area contributed by atoms with Crippen molar-refractivity contribution in [2.24, 2.45) is 0 Å². The highest BCUT2D eigenvalue weighted by Crippen LogP contribution is 2.29. The lowest BCUT2D eigenvalue weighted by molar-refractivity contribution is -0.145. The van der Waals surface area contributed by atoms with Crippen molar-refractivity contribution >= 4 is 38.4 Å². The minimum Gasteiger partial charge on any atom is -0.468 e. The zero-order valence-electron chi connectivity index (χ0n) is 15.1. The van der Waals surface area contributed by atoms with Crippen LogP contribution in [0.3, 0.4) is 0 Å². The Bertz CT molecular complexity index is 900. The van der Waals surface area contributed by atoms with E-state index in [0.29, 0.717) is 15.8 Å². The highest BCUT2D eigenvalue weighted by Gasteiger charge is 2.29. The van der Waals surface area contributed by atoms with Crippen LogP contribution in [0.15, 0.2) is 41.3 Å². The summed E-state index contributed by atoms with van der Waals surface area (Å²) in [5.74, 6) is -0.732. The molecule has 0 aliphatic heterocycles. The first-order valence-corrected chi connectivity index (χ1v) is 9.82. The lowest BCUT2D eigenvalue weighted by atomic mass is 10.1. The molecule has 0 spiro atoms. The SMILES string of the molecule is COC(=O)C(COC(C)(C)C)NS(=O)(=O)c1cccc2cccc(Cl)c12. The molecule has 0 aliphatic rings. The molecule has 0 aliphatic carbocycles. The Kier molecular flexibility index (Phi) is 6.29. The van der Waals surface area contributed by atoms with Gasteiger partial charge in [-0.2, -0.15) is 4.72 Å². The smallest absolute Gasteiger partial charge is 0.326 e. The van der Waals surface area contributed by atoms with Gasteiger partial charge in [0, 0.05) is 10.4 Å². The van der Waals surface area contributed by atoms with E-state index in [1.165, 1.54) is 13.2 Å². The van der Waals surface area contributed by atoms with Crippen molar-refractivity contribution in [1.82, 2.24) is 4.72 Å². The molecule has 1 unspecified atom stereocenters. The number of fused-ring (bicyclic) bond motifs is 1. The predicted octanol–water partition coefficient (Wildman–Crippen LogP) is 3.13. The molecule has 0 amide bonds. The zero-order chi connectivity index (χ0) is 19.5. The summed E-state index contributed by atoms with van der Waals surface area (Å²) in [5.41, 5.74) is -0.541. The fraction of sp³-hybridized carbons (Fsp3) is 0.389. The number of nitrogens with one attached hydrogen (secondary N) is 1. The van der Waals surface area contributed by atoms with Crippen molar-refractivity contribution in [1.29, 1.82) is 0 Å². The Balaban J connectivity index is 2.41. The third-order valence-corrected chi connectivity index (χ3v) is 5.40. The summed E-state index contributed by atoms with van der Waals surface area (Å²) < 4.78 is 38.5. The number of esters is 1. The Morgan fingerprint density at radius 3 is 2.38 bits per heavy atom. The molecule has 2 aromatic carbocycles. The van der Waals surface area contributed by atoms with Gasteiger partial charge >= 0.3 is 5.97 Å². The lowest BCUT2D eigenvalue weighted by Gasteiger charge is -2.24. The Hall–Kier alpha value is -1.67. The number of halogens is 1. The van der Waals surface area contributed by atoms with Gasteiger partial charge in [0.1, 0.15) is 6.04 Å². The van der Waals surface area contributed by atoms with Crippen LogP contribution in [-0.4, -0.2) is 39.7 Å². The third kappa shape index (κ3) is 4.94. The minimum atomic E-state index is -4.05. The van der Waals surface area contributed by atoms with Crippen LogP contribution in [0.5, 0.6) is 0 Å². The molecule has 26 heavy (non-hydrogen) atoms. The van der Waals surface area contributed by atoms with Crippen LogP contribution >= 0.6 is 11.6 Å². The molecule has 0 saturated heterocycles. The molecule has 0 saturated carbocycles. The van der Waals surface area contributed by atoms with Gasteiger partial charge < -0.3 is 9.47 Å². The van der Waals surface area contributed by atoms with Gasteiger partial charge in [0.05, 0.1) is 24.2 Å². The number of ether oxygens (including phenoxy) is 2. The maximum Gasteiger partial charge on any atom is 0.326 e. The quantitative estimate of drug-likeness (QED) is 0.754. The maximum absolute atomic E-state index is 12.9. The fourth-order valence-corrected chi connectivity index (χ4v) is 4.12. The number of benzene rings is 2. The molecule has 0 bridgehead atoms. The number of hydrogen-bond donors (Lipinski definition) is 1. The van der Waals surface area contributed by atoms with Crippen LogP contribution in [0.2, 0.25) is 5.02 Å². The zero-order valence-corrected chi connectivity index (χ0v) is 16.6. The molecule has 2 aromatic rings. The van der Waals surface area contributed by atoms with E-state index < -0.39 is 27.6 Å². The van der Waals surface area contributed by atoms with E-state index >= 15 is 0 Å². The van der Waals surface area contributed by atoms with Crippen molar-refractivity contribution in [3.63, 3.8) is 0 Å². The fourth-order valence-electron chi connectivity index (χ4n) is 2.36. The number of carbonyl (C=O) groups is 1. The van der Waals surface area contributed by atoms with Gasteiger partial charge in [0.2, 0.25) is 10.0 Å². The standard InChI is InChI=1S/C18H22ClNO5S/c1-18(2,3)25-11-14(17(21)24-4)20-26(22,23)15-10-6-8-12-7-5-9-13(19)16(12)15/h5-10,14,20H,11H2,1-4H3. The van der Waals surface area contributed by atoms with E-state index in [0.717, 1.165) is 0 Å². The number of rotatable bonds is 6. The Morgan fingerprint density at radius 1 is 1.19 bits per heavy atom. The molecule has 0 radical (unpaired) electrons. The van der Waals surface area contributed by atoms with Gasteiger partial charge in [-0.3, -0.25) is 4.79 Å². The molecule has 6 nitrogen and oxygen atoms in total. The van der Waals surface area contributed by atoms with Crippen LogP contribution in [0.4, 0.5) is 0 Å². The molecular formula is C18H22ClNO5S. The van der Waals surface area contributed by atoms with Crippen molar-refractivity contribution < 1.29 is 22.7 Å². The molecular weight excluding hydrogens is 378 g/mol. The van der Waals surface area contributed by atoms with E-state index in [2.05, 4.69) is 4.72 Å². The van der Waals surface area contributed by atoms with E-state index in [1.807, 2.05) is 0 Å². The molecule has 0 aromatic heterocycles. The summed E-state index contributed by atoms with van der Waals surface area (Å²) in [6.45, 7) is 5.26. The van der Waals surface area contributed by atoms with Crippen LogP contribution in [0.1, 0.15) is 20.8 Å². The number of methoxy groups -OCH3 is 1. The van der Waals surface area contributed by atoms with E-state index in [1.54, 1.807) is 51.1 Å². The predicted molar refractivity (Wildman–Crippen MR) is 101 cm³/mol. The molecule has 1 N–H and O–H groups in total. The summed E-state index contributed by atoms with van der Waals surface area (Å²) in [7, 11) is -2.86. The number of sulfonamides is 1. The monoisotopic (exact) mass is 399 g/mol. The second kappa shape index (κ2) is 7.92. The maximum atomic E-state index is 12.9. The Labute approximate surface area is 158 Å². The van der Waals surface area contributed by atoms with Crippen molar-refractivity contribution in [3.8, 4) is 0 Å². The number of carbonyl (C=O) groups excluding carboxylic acids is 1. The van der Waals surface area contributed by atoms with Crippen LogP contribution < -0.4 is 4.72 Å². The molecule has 0 fully saturated rings. The molecule has 2 rings (SSSR count). The van der Waals surface area contributed by atoms with Crippen LogP contribution in [0.25, 0.3) is 10.8 Å². The summed E-state index contributed by atoms with van der Waals surface area (Å²) in [5, 5.41) is 1.38. The highest BCUT2D eigenvalue weighted by molar-refractivity contribution is 7.89. The first-order valence-electron chi connectivity index (χ1n) is 7.96. The molecule has 1 atom stereocenters. The molecule has 8 heteroatoms. The topological polar surface area (TPSA) is 81.7 Å².